The monoisotopic (exact) mass is 355 g/mol. The van der Waals surface area contributed by atoms with Gasteiger partial charge in [-0.15, -0.1) is 0 Å². The van der Waals surface area contributed by atoms with Gasteiger partial charge in [0.25, 0.3) is 11.5 Å². The summed E-state index contributed by atoms with van der Waals surface area (Å²) in [5.41, 5.74) is 0.913. The highest BCUT2D eigenvalue weighted by Crippen LogP contribution is 2.14. The highest BCUT2D eigenvalue weighted by atomic mass is 19.1. The van der Waals surface area contributed by atoms with E-state index in [1.807, 2.05) is 30.3 Å². The van der Waals surface area contributed by atoms with Crippen LogP contribution in [0.5, 0.6) is 0 Å². The molecule has 2 aromatic carbocycles. The Kier molecular flexibility index (Phi) is 5.17. The molecule has 0 atom stereocenters. The van der Waals surface area contributed by atoms with Crippen LogP contribution in [0.4, 0.5) is 8.78 Å². The van der Waals surface area contributed by atoms with E-state index in [9.17, 15) is 18.4 Å². The number of aromatic nitrogens is 2. The number of hydrogen-bond acceptors (Lipinski definition) is 3. The Morgan fingerprint density at radius 3 is 2.54 bits per heavy atom. The first-order chi connectivity index (χ1) is 12.5. The van der Waals surface area contributed by atoms with Crippen molar-refractivity contribution >= 4 is 5.91 Å². The van der Waals surface area contributed by atoms with Gasteiger partial charge >= 0.3 is 0 Å². The third kappa shape index (κ3) is 4.00. The molecular formula is C19H15F2N3O2. The summed E-state index contributed by atoms with van der Waals surface area (Å²) >= 11 is 0. The summed E-state index contributed by atoms with van der Waals surface area (Å²) in [6.45, 7) is 0.189. The zero-order valence-electron chi connectivity index (χ0n) is 13.7. The van der Waals surface area contributed by atoms with Crippen molar-refractivity contribution < 1.29 is 13.6 Å². The van der Waals surface area contributed by atoms with Gasteiger partial charge in [-0.1, -0.05) is 30.3 Å². The summed E-state index contributed by atoms with van der Waals surface area (Å²) < 4.78 is 27.7. The van der Waals surface area contributed by atoms with Crippen molar-refractivity contribution in [3.05, 3.63) is 88.2 Å². The van der Waals surface area contributed by atoms with Crippen molar-refractivity contribution in [2.75, 3.05) is 6.54 Å². The summed E-state index contributed by atoms with van der Waals surface area (Å²) in [6, 6.07) is 15.1. The number of carbonyl (C=O) groups excluding carboxylic acids is 1. The maximum atomic E-state index is 13.6. The zero-order chi connectivity index (χ0) is 18.5. The molecule has 1 amide bonds. The SMILES string of the molecule is O=C(NCCn1nc(-c2ccccc2)ccc1=O)c1ccc(F)cc1F. The average Bonchev–Trinajstić information content (AvgIpc) is 2.64. The van der Waals surface area contributed by atoms with E-state index >= 15 is 0 Å². The largest absolute Gasteiger partial charge is 0.350 e. The van der Waals surface area contributed by atoms with Gasteiger partial charge in [-0.05, 0) is 18.2 Å². The minimum absolute atomic E-state index is 0.0702. The van der Waals surface area contributed by atoms with E-state index < -0.39 is 17.5 Å². The third-order valence-corrected chi connectivity index (χ3v) is 3.72. The smallest absolute Gasteiger partial charge is 0.266 e. The number of halogens is 2. The van der Waals surface area contributed by atoms with Crippen LogP contribution in [-0.2, 0) is 6.54 Å². The lowest BCUT2D eigenvalue weighted by Crippen LogP contribution is -2.32. The molecule has 0 spiro atoms. The lowest BCUT2D eigenvalue weighted by atomic mass is 10.1. The van der Waals surface area contributed by atoms with E-state index in [1.54, 1.807) is 6.07 Å². The second kappa shape index (κ2) is 7.69. The van der Waals surface area contributed by atoms with E-state index in [4.69, 9.17) is 0 Å². The van der Waals surface area contributed by atoms with E-state index in [1.165, 1.54) is 10.7 Å². The second-order valence-corrected chi connectivity index (χ2v) is 5.53. The van der Waals surface area contributed by atoms with E-state index in [2.05, 4.69) is 10.4 Å². The number of hydrogen-bond donors (Lipinski definition) is 1. The second-order valence-electron chi connectivity index (χ2n) is 5.53. The summed E-state index contributed by atoms with van der Waals surface area (Å²) in [4.78, 5) is 23.9. The number of nitrogens with one attached hydrogen (secondary N) is 1. The van der Waals surface area contributed by atoms with Gasteiger partial charge in [0.05, 0.1) is 17.8 Å². The Hall–Kier alpha value is -3.35. The summed E-state index contributed by atoms with van der Waals surface area (Å²) in [7, 11) is 0. The van der Waals surface area contributed by atoms with Gasteiger partial charge in [0.1, 0.15) is 11.6 Å². The van der Waals surface area contributed by atoms with Gasteiger partial charge in [0.2, 0.25) is 0 Å². The number of benzene rings is 2. The number of amides is 1. The van der Waals surface area contributed by atoms with Crippen molar-refractivity contribution in [3.8, 4) is 11.3 Å². The molecule has 0 aliphatic carbocycles. The minimum Gasteiger partial charge on any atom is -0.350 e. The molecule has 26 heavy (non-hydrogen) atoms. The molecule has 0 bridgehead atoms. The standard InChI is InChI=1S/C19H15F2N3O2/c20-14-6-7-15(16(21)12-14)19(26)22-10-11-24-18(25)9-8-17(23-24)13-4-2-1-3-5-13/h1-9,12H,10-11H2,(H,22,26). The molecule has 5 nitrogen and oxygen atoms in total. The summed E-state index contributed by atoms with van der Waals surface area (Å²) in [5, 5.41) is 6.76. The van der Waals surface area contributed by atoms with Crippen molar-refractivity contribution in [1.29, 1.82) is 0 Å². The maximum absolute atomic E-state index is 13.6. The highest BCUT2D eigenvalue weighted by Gasteiger charge is 2.12. The Bertz CT molecular complexity index is 988. The van der Waals surface area contributed by atoms with Crippen LogP contribution in [0.3, 0.4) is 0 Å². The Morgan fingerprint density at radius 2 is 1.81 bits per heavy atom. The molecule has 3 aromatic rings. The van der Waals surface area contributed by atoms with Gasteiger partial charge in [0.15, 0.2) is 0 Å². The molecule has 1 heterocycles. The predicted octanol–water partition coefficient (Wildman–Crippen LogP) is 2.62. The van der Waals surface area contributed by atoms with Gasteiger partial charge in [0, 0.05) is 24.2 Å². The lowest BCUT2D eigenvalue weighted by Gasteiger charge is -2.09. The van der Waals surface area contributed by atoms with Gasteiger partial charge in [-0.3, -0.25) is 9.59 Å². The zero-order valence-corrected chi connectivity index (χ0v) is 13.7. The molecule has 1 aromatic heterocycles. The van der Waals surface area contributed by atoms with Crippen LogP contribution < -0.4 is 10.9 Å². The van der Waals surface area contributed by atoms with Crippen LogP contribution in [-0.4, -0.2) is 22.2 Å². The van der Waals surface area contributed by atoms with Crippen molar-refractivity contribution in [3.63, 3.8) is 0 Å². The van der Waals surface area contributed by atoms with Gasteiger partial charge in [-0.2, -0.15) is 5.10 Å². The quantitative estimate of drug-likeness (QED) is 0.765. The third-order valence-electron chi connectivity index (χ3n) is 3.72. The first-order valence-corrected chi connectivity index (χ1v) is 7.91. The molecule has 132 valence electrons. The Labute approximate surface area is 147 Å². The summed E-state index contributed by atoms with van der Waals surface area (Å²) in [6.07, 6.45) is 0. The van der Waals surface area contributed by atoms with Crippen LogP contribution >= 0.6 is 0 Å². The molecule has 0 aliphatic heterocycles. The molecular weight excluding hydrogens is 340 g/mol. The van der Waals surface area contributed by atoms with E-state index in [0.717, 1.165) is 17.7 Å². The normalized spacial score (nSPS) is 10.5. The summed E-state index contributed by atoms with van der Waals surface area (Å²) in [5.74, 6) is -2.38. The van der Waals surface area contributed by atoms with E-state index in [0.29, 0.717) is 11.8 Å². The molecule has 0 radical (unpaired) electrons. The Morgan fingerprint density at radius 1 is 1.04 bits per heavy atom. The minimum atomic E-state index is -0.941. The Balaban J connectivity index is 1.68. The maximum Gasteiger partial charge on any atom is 0.266 e. The first kappa shape index (κ1) is 17.5. The fourth-order valence-electron chi connectivity index (χ4n) is 2.42. The predicted molar refractivity (Wildman–Crippen MR) is 92.6 cm³/mol. The van der Waals surface area contributed by atoms with Crippen molar-refractivity contribution in [2.24, 2.45) is 0 Å². The van der Waals surface area contributed by atoms with Crippen molar-refractivity contribution in [2.45, 2.75) is 6.54 Å². The van der Waals surface area contributed by atoms with Crippen LogP contribution in [0.2, 0.25) is 0 Å². The molecule has 0 saturated carbocycles. The molecule has 7 heteroatoms. The fourth-order valence-corrected chi connectivity index (χ4v) is 2.42. The molecule has 0 unspecified atom stereocenters. The molecule has 0 saturated heterocycles. The van der Waals surface area contributed by atoms with Gasteiger partial charge in [-0.25, -0.2) is 13.5 Å². The van der Waals surface area contributed by atoms with Crippen LogP contribution in [0.15, 0.2) is 65.5 Å². The first-order valence-electron chi connectivity index (χ1n) is 7.91. The lowest BCUT2D eigenvalue weighted by molar-refractivity contribution is 0.0947. The van der Waals surface area contributed by atoms with Crippen LogP contribution in [0.1, 0.15) is 10.4 Å². The van der Waals surface area contributed by atoms with Crippen LogP contribution in [0, 0.1) is 11.6 Å². The fraction of sp³-hybridized carbons (Fsp3) is 0.105. The number of rotatable bonds is 5. The van der Waals surface area contributed by atoms with Gasteiger partial charge < -0.3 is 5.32 Å². The highest BCUT2D eigenvalue weighted by molar-refractivity contribution is 5.94. The van der Waals surface area contributed by atoms with Crippen molar-refractivity contribution in [1.82, 2.24) is 15.1 Å². The number of nitrogens with zero attached hydrogens (tertiary/aromatic N) is 2. The molecule has 0 aliphatic rings. The molecule has 0 fully saturated rings. The van der Waals surface area contributed by atoms with Crippen LogP contribution in [0.25, 0.3) is 11.3 Å². The topological polar surface area (TPSA) is 64.0 Å². The molecule has 1 N–H and O–H groups in total. The molecule has 3 rings (SSSR count). The number of carbonyl (C=O) groups is 1. The van der Waals surface area contributed by atoms with E-state index in [-0.39, 0.29) is 24.2 Å². The average molecular weight is 355 g/mol.